The van der Waals surface area contributed by atoms with Crippen molar-refractivity contribution in [1.82, 2.24) is 9.97 Å². The van der Waals surface area contributed by atoms with Crippen LogP contribution in [0.15, 0.2) is 72.9 Å². The summed E-state index contributed by atoms with van der Waals surface area (Å²) in [5.74, 6) is 0.524. The van der Waals surface area contributed by atoms with Gasteiger partial charge >= 0.3 is 6.18 Å². The molecule has 4 aromatic rings. The number of nitrogens with zero attached hydrogens (tertiary/aromatic N) is 2. The van der Waals surface area contributed by atoms with Gasteiger partial charge in [-0.3, -0.25) is 0 Å². The first kappa shape index (κ1) is 19.8. The number of aromatic nitrogens is 2. The molecule has 0 fully saturated rings. The number of benzene rings is 2. The minimum atomic E-state index is -4.44. The Morgan fingerprint density at radius 1 is 0.933 bits per heavy atom. The van der Waals surface area contributed by atoms with E-state index in [1.165, 1.54) is 0 Å². The number of hydrogen-bond donors (Lipinski definition) is 2. The van der Waals surface area contributed by atoms with Crippen molar-refractivity contribution in [3.8, 4) is 11.3 Å². The summed E-state index contributed by atoms with van der Waals surface area (Å²) in [6.07, 6.45) is -2.56. The Kier molecular flexibility index (Phi) is 5.37. The van der Waals surface area contributed by atoms with Crippen LogP contribution in [-0.4, -0.2) is 16.5 Å². The lowest BCUT2D eigenvalue weighted by molar-refractivity contribution is -0.137. The average molecular weight is 408 g/mol. The summed E-state index contributed by atoms with van der Waals surface area (Å²) in [4.78, 5) is 8.73. The molecule has 2 aromatic carbocycles. The van der Waals surface area contributed by atoms with E-state index < -0.39 is 11.7 Å². The molecule has 0 atom stereocenters. The van der Waals surface area contributed by atoms with Crippen molar-refractivity contribution in [2.24, 2.45) is 5.73 Å². The smallest absolute Gasteiger partial charge is 0.330 e. The maximum atomic E-state index is 13.1. The summed E-state index contributed by atoms with van der Waals surface area (Å²) in [6.45, 7) is 0.544. The van der Waals surface area contributed by atoms with Crippen LogP contribution < -0.4 is 11.1 Å². The Morgan fingerprint density at radius 3 is 2.57 bits per heavy atom. The van der Waals surface area contributed by atoms with Gasteiger partial charge in [0.2, 0.25) is 0 Å². The summed E-state index contributed by atoms with van der Waals surface area (Å²) in [6, 6.07) is 19.4. The second-order valence-corrected chi connectivity index (χ2v) is 6.87. The zero-order chi connectivity index (χ0) is 21.1. The predicted octanol–water partition coefficient (Wildman–Crippen LogP) is 5.56. The maximum absolute atomic E-state index is 13.1. The summed E-state index contributed by atoms with van der Waals surface area (Å²) in [7, 11) is 0. The molecule has 4 nitrogen and oxygen atoms in total. The molecule has 0 aliphatic carbocycles. The van der Waals surface area contributed by atoms with E-state index in [2.05, 4.69) is 10.3 Å². The maximum Gasteiger partial charge on any atom is 0.416 e. The normalized spacial score (nSPS) is 11.6. The number of nitrogens with two attached hydrogens (primary N) is 1. The second-order valence-electron chi connectivity index (χ2n) is 6.87. The Labute approximate surface area is 171 Å². The van der Waals surface area contributed by atoms with Crippen LogP contribution in [0.2, 0.25) is 0 Å². The fourth-order valence-corrected chi connectivity index (χ4v) is 3.29. The van der Waals surface area contributed by atoms with Crippen molar-refractivity contribution in [3.05, 3.63) is 84.1 Å². The molecule has 7 heteroatoms. The standard InChI is InChI=1S/C23H19F3N4/c24-23(25,26)18-9-11-28-21(14-18)30-22-19-7-2-1-5-16(19)13-20(29-22)17-6-3-4-15(12-17)8-10-27/h1-7,9,11-14H,8,10,27H2,(H,28,29,30). The van der Waals surface area contributed by atoms with Gasteiger partial charge in [-0.1, -0.05) is 42.5 Å². The van der Waals surface area contributed by atoms with E-state index in [1.54, 1.807) is 0 Å². The van der Waals surface area contributed by atoms with Gasteiger partial charge in [0.05, 0.1) is 11.3 Å². The number of anilines is 2. The Hall–Kier alpha value is -3.45. The highest BCUT2D eigenvalue weighted by molar-refractivity contribution is 5.95. The van der Waals surface area contributed by atoms with Crippen LogP contribution in [0.3, 0.4) is 0 Å². The van der Waals surface area contributed by atoms with Gasteiger partial charge in [-0.25, -0.2) is 9.97 Å². The quantitative estimate of drug-likeness (QED) is 0.454. The lowest BCUT2D eigenvalue weighted by Crippen LogP contribution is -2.06. The summed E-state index contributed by atoms with van der Waals surface area (Å²) >= 11 is 0. The molecule has 0 saturated carbocycles. The topological polar surface area (TPSA) is 63.8 Å². The molecule has 152 valence electrons. The van der Waals surface area contributed by atoms with Crippen LogP contribution in [0.5, 0.6) is 0 Å². The number of alkyl halides is 3. The van der Waals surface area contributed by atoms with Crippen molar-refractivity contribution in [2.45, 2.75) is 12.6 Å². The highest BCUT2D eigenvalue weighted by atomic mass is 19.4. The molecule has 0 spiro atoms. The zero-order valence-electron chi connectivity index (χ0n) is 15.9. The van der Waals surface area contributed by atoms with Crippen LogP contribution >= 0.6 is 0 Å². The third kappa shape index (κ3) is 4.26. The van der Waals surface area contributed by atoms with Crippen LogP contribution in [0.25, 0.3) is 22.0 Å². The van der Waals surface area contributed by atoms with Crippen molar-refractivity contribution < 1.29 is 13.2 Å². The number of nitrogens with one attached hydrogen (secondary N) is 1. The van der Waals surface area contributed by atoms with Gasteiger partial charge in [-0.2, -0.15) is 13.2 Å². The van der Waals surface area contributed by atoms with E-state index in [0.29, 0.717) is 18.1 Å². The van der Waals surface area contributed by atoms with Crippen molar-refractivity contribution in [3.63, 3.8) is 0 Å². The molecule has 0 unspecified atom stereocenters. The van der Waals surface area contributed by atoms with Crippen LogP contribution in [0, 0.1) is 0 Å². The van der Waals surface area contributed by atoms with Crippen LogP contribution in [0.4, 0.5) is 24.8 Å². The lowest BCUT2D eigenvalue weighted by Gasteiger charge is -2.13. The van der Waals surface area contributed by atoms with Gasteiger partial charge in [0.15, 0.2) is 0 Å². The molecular formula is C23H19F3N4. The minimum absolute atomic E-state index is 0.0801. The van der Waals surface area contributed by atoms with Gasteiger partial charge in [-0.15, -0.1) is 0 Å². The number of rotatable bonds is 5. The molecule has 0 bridgehead atoms. The molecule has 0 aliphatic heterocycles. The molecule has 0 saturated heterocycles. The van der Waals surface area contributed by atoms with Crippen molar-refractivity contribution >= 4 is 22.4 Å². The molecule has 0 amide bonds. The average Bonchev–Trinajstić information content (AvgIpc) is 2.74. The largest absolute Gasteiger partial charge is 0.416 e. The van der Waals surface area contributed by atoms with E-state index >= 15 is 0 Å². The fraction of sp³-hybridized carbons (Fsp3) is 0.130. The molecule has 3 N–H and O–H groups in total. The molecule has 2 aromatic heterocycles. The predicted molar refractivity (Wildman–Crippen MR) is 112 cm³/mol. The van der Waals surface area contributed by atoms with Crippen molar-refractivity contribution in [2.75, 3.05) is 11.9 Å². The molecule has 4 rings (SSSR count). The van der Waals surface area contributed by atoms with Crippen molar-refractivity contribution in [1.29, 1.82) is 0 Å². The van der Waals surface area contributed by atoms with Gasteiger partial charge < -0.3 is 11.1 Å². The lowest BCUT2D eigenvalue weighted by atomic mass is 10.0. The summed E-state index contributed by atoms with van der Waals surface area (Å²) in [5, 5.41) is 4.68. The Morgan fingerprint density at radius 2 is 1.77 bits per heavy atom. The fourth-order valence-electron chi connectivity index (χ4n) is 3.29. The van der Waals surface area contributed by atoms with Crippen LogP contribution in [-0.2, 0) is 12.6 Å². The number of hydrogen-bond acceptors (Lipinski definition) is 4. The third-order valence-corrected chi connectivity index (χ3v) is 4.73. The van der Waals surface area contributed by atoms with E-state index in [4.69, 9.17) is 10.7 Å². The van der Waals surface area contributed by atoms with E-state index in [0.717, 1.165) is 46.6 Å². The number of fused-ring (bicyclic) bond motifs is 1. The highest BCUT2D eigenvalue weighted by Crippen LogP contribution is 2.32. The van der Waals surface area contributed by atoms with Gasteiger partial charge in [0, 0.05) is 17.1 Å². The van der Waals surface area contributed by atoms with E-state index in [1.807, 2.05) is 54.6 Å². The number of pyridine rings is 2. The first-order chi connectivity index (χ1) is 14.4. The molecule has 0 aliphatic rings. The first-order valence-corrected chi connectivity index (χ1v) is 9.43. The highest BCUT2D eigenvalue weighted by Gasteiger charge is 2.30. The molecule has 30 heavy (non-hydrogen) atoms. The molecular weight excluding hydrogens is 389 g/mol. The molecule has 2 heterocycles. The molecule has 0 radical (unpaired) electrons. The monoisotopic (exact) mass is 408 g/mol. The SMILES string of the molecule is NCCc1cccc(-c2cc3ccccc3c(Nc3cc(C(F)(F)F)ccn3)n2)c1. The first-order valence-electron chi connectivity index (χ1n) is 9.43. The van der Waals surface area contributed by atoms with Gasteiger partial charge in [0.25, 0.3) is 0 Å². The zero-order valence-corrected chi connectivity index (χ0v) is 15.9. The third-order valence-electron chi connectivity index (χ3n) is 4.73. The van der Waals surface area contributed by atoms with Crippen LogP contribution in [0.1, 0.15) is 11.1 Å². The Balaban J connectivity index is 1.79. The summed E-state index contributed by atoms with van der Waals surface area (Å²) < 4.78 is 39.2. The summed E-state index contributed by atoms with van der Waals surface area (Å²) in [5.41, 5.74) is 7.61. The van der Waals surface area contributed by atoms with E-state index in [-0.39, 0.29) is 5.82 Å². The Bertz CT molecular complexity index is 1190. The van der Waals surface area contributed by atoms with Gasteiger partial charge in [0.1, 0.15) is 11.6 Å². The number of halogens is 3. The minimum Gasteiger partial charge on any atom is -0.330 e. The van der Waals surface area contributed by atoms with Gasteiger partial charge in [-0.05, 0) is 48.2 Å². The second kappa shape index (κ2) is 8.12. The van der Waals surface area contributed by atoms with E-state index in [9.17, 15) is 13.2 Å².